The zero-order valence-corrected chi connectivity index (χ0v) is 9.84. The van der Waals surface area contributed by atoms with Crippen molar-refractivity contribution >= 4 is 17.3 Å². The molecule has 0 aliphatic carbocycles. The van der Waals surface area contributed by atoms with Gasteiger partial charge in [0.2, 0.25) is 0 Å². The third-order valence-electron chi connectivity index (χ3n) is 2.57. The van der Waals surface area contributed by atoms with E-state index in [4.69, 9.17) is 5.73 Å². The summed E-state index contributed by atoms with van der Waals surface area (Å²) in [7, 11) is 0. The van der Waals surface area contributed by atoms with E-state index < -0.39 is 0 Å². The van der Waals surface area contributed by atoms with Crippen LogP contribution in [-0.4, -0.2) is 16.0 Å². The maximum absolute atomic E-state index is 11.9. The van der Waals surface area contributed by atoms with Gasteiger partial charge in [0.1, 0.15) is 5.75 Å². The molecule has 0 aliphatic rings. The van der Waals surface area contributed by atoms with Crippen LogP contribution in [0.4, 0.5) is 11.4 Å². The minimum Gasteiger partial charge on any atom is -0.505 e. The van der Waals surface area contributed by atoms with Gasteiger partial charge in [-0.2, -0.15) is 0 Å². The van der Waals surface area contributed by atoms with Crippen molar-refractivity contribution in [3.05, 3.63) is 47.8 Å². The number of nitrogens with zero attached hydrogens (tertiary/aromatic N) is 1. The lowest BCUT2D eigenvalue weighted by molar-refractivity contribution is 0.102. The van der Waals surface area contributed by atoms with Gasteiger partial charge in [0.05, 0.1) is 11.8 Å². The van der Waals surface area contributed by atoms with E-state index >= 15 is 0 Å². The van der Waals surface area contributed by atoms with Crippen molar-refractivity contribution < 1.29 is 9.90 Å². The monoisotopic (exact) mass is 243 g/mol. The minimum atomic E-state index is -0.390. The lowest BCUT2D eigenvalue weighted by Crippen LogP contribution is -2.12. The Morgan fingerprint density at radius 3 is 2.83 bits per heavy atom. The van der Waals surface area contributed by atoms with Crippen LogP contribution in [0.25, 0.3) is 0 Å². The molecule has 0 fully saturated rings. The van der Waals surface area contributed by atoms with Gasteiger partial charge in [-0.25, -0.2) is 0 Å². The first kappa shape index (κ1) is 11.9. The first-order valence-corrected chi connectivity index (χ1v) is 5.38. The summed E-state index contributed by atoms with van der Waals surface area (Å²) in [4.78, 5) is 15.6. The summed E-state index contributed by atoms with van der Waals surface area (Å²) in [6.45, 7) is 1.86. The van der Waals surface area contributed by atoms with Gasteiger partial charge >= 0.3 is 0 Å². The van der Waals surface area contributed by atoms with Crippen LogP contribution in [-0.2, 0) is 0 Å². The second-order valence-electron chi connectivity index (χ2n) is 3.92. The molecule has 2 aromatic rings. The number of hydrogen-bond donors (Lipinski definition) is 3. The molecule has 4 N–H and O–H groups in total. The van der Waals surface area contributed by atoms with Crippen molar-refractivity contribution in [1.82, 2.24) is 4.98 Å². The number of anilines is 2. The number of benzene rings is 1. The highest BCUT2D eigenvalue weighted by Gasteiger charge is 2.11. The number of carbonyl (C=O) groups is 1. The Morgan fingerprint density at radius 1 is 1.39 bits per heavy atom. The molecule has 0 saturated heterocycles. The third kappa shape index (κ3) is 2.40. The normalized spacial score (nSPS) is 10.1. The Morgan fingerprint density at radius 2 is 2.17 bits per heavy atom. The quantitative estimate of drug-likeness (QED) is 0.703. The molecule has 92 valence electrons. The number of aromatic hydroxyl groups is 1. The number of carbonyl (C=O) groups excluding carboxylic acids is 1. The van der Waals surface area contributed by atoms with E-state index in [1.807, 2.05) is 6.92 Å². The van der Waals surface area contributed by atoms with Crippen LogP contribution < -0.4 is 11.1 Å². The molecular formula is C13H13N3O2. The summed E-state index contributed by atoms with van der Waals surface area (Å²) in [6.07, 6.45) is 2.67. The average Bonchev–Trinajstić information content (AvgIpc) is 2.34. The molecule has 0 aliphatic heterocycles. The average molecular weight is 243 g/mol. The number of aromatic nitrogens is 1. The number of nitrogens with one attached hydrogen (secondary N) is 1. The molecule has 5 nitrogen and oxygen atoms in total. The molecule has 0 radical (unpaired) electrons. The van der Waals surface area contributed by atoms with Gasteiger partial charge in [-0.05, 0) is 36.8 Å². The highest BCUT2D eigenvalue weighted by molar-refractivity contribution is 6.06. The van der Waals surface area contributed by atoms with Gasteiger partial charge in [0.25, 0.3) is 5.91 Å². The van der Waals surface area contributed by atoms with Gasteiger partial charge in [-0.15, -0.1) is 0 Å². The van der Waals surface area contributed by atoms with Gasteiger partial charge in [0.15, 0.2) is 0 Å². The van der Waals surface area contributed by atoms with Gasteiger partial charge in [-0.1, -0.05) is 0 Å². The Kier molecular flexibility index (Phi) is 3.14. The highest BCUT2D eigenvalue weighted by atomic mass is 16.3. The Bertz CT molecular complexity index is 597. The van der Waals surface area contributed by atoms with Crippen LogP contribution >= 0.6 is 0 Å². The first-order valence-electron chi connectivity index (χ1n) is 5.38. The molecule has 1 heterocycles. The lowest BCUT2D eigenvalue weighted by Gasteiger charge is -2.08. The fourth-order valence-electron chi connectivity index (χ4n) is 1.53. The smallest absolute Gasteiger partial charge is 0.259 e. The van der Waals surface area contributed by atoms with E-state index in [2.05, 4.69) is 10.3 Å². The van der Waals surface area contributed by atoms with E-state index in [1.54, 1.807) is 18.2 Å². The van der Waals surface area contributed by atoms with Crippen molar-refractivity contribution in [1.29, 1.82) is 0 Å². The van der Waals surface area contributed by atoms with Crippen molar-refractivity contribution in [2.24, 2.45) is 0 Å². The fraction of sp³-hybridized carbons (Fsp3) is 0.0769. The maximum Gasteiger partial charge on any atom is 0.259 e. The maximum atomic E-state index is 11.9. The number of hydrogen-bond acceptors (Lipinski definition) is 4. The van der Waals surface area contributed by atoms with E-state index in [0.29, 0.717) is 11.4 Å². The van der Waals surface area contributed by atoms with Crippen LogP contribution in [0, 0.1) is 6.92 Å². The molecule has 0 unspecified atom stereocenters. The SMILES string of the molecule is Cc1cc(NC(=O)c2ccncc2O)ccc1N. The number of rotatable bonds is 2. The van der Waals surface area contributed by atoms with Crippen molar-refractivity contribution in [3.8, 4) is 5.75 Å². The minimum absolute atomic E-state index is 0.151. The van der Waals surface area contributed by atoms with Crippen molar-refractivity contribution in [2.45, 2.75) is 6.92 Å². The van der Waals surface area contributed by atoms with E-state index in [1.165, 1.54) is 18.5 Å². The zero-order valence-electron chi connectivity index (χ0n) is 9.84. The first-order chi connectivity index (χ1) is 8.58. The summed E-state index contributed by atoms with van der Waals surface area (Å²) in [5.74, 6) is -0.541. The van der Waals surface area contributed by atoms with E-state index in [9.17, 15) is 9.90 Å². The third-order valence-corrected chi connectivity index (χ3v) is 2.57. The standard InChI is InChI=1S/C13H13N3O2/c1-8-6-9(2-3-11(8)14)16-13(18)10-4-5-15-7-12(10)17/h2-7,17H,14H2,1H3,(H,16,18). The lowest BCUT2D eigenvalue weighted by atomic mass is 10.1. The van der Waals surface area contributed by atoms with Crippen LogP contribution in [0.5, 0.6) is 5.75 Å². The number of aryl methyl sites for hydroxylation is 1. The topological polar surface area (TPSA) is 88.2 Å². The molecule has 1 aromatic heterocycles. The predicted octanol–water partition coefficient (Wildman–Crippen LogP) is 1.93. The molecule has 0 spiro atoms. The summed E-state index contributed by atoms with van der Waals surface area (Å²) in [6, 6.07) is 6.65. The molecule has 0 bridgehead atoms. The van der Waals surface area contributed by atoms with Crippen LogP contribution in [0.2, 0.25) is 0 Å². The van der Waals surface area contributed by atoms with Crippen LogP contribution in [0.3, 0.4) is 0 Å². The summed E-state index contributed by atoms with van der Waals surface area (Å²) in [5.41, 5.74) is 8.05. The Hall–Kier alpha value is -2.56. The van der Waals surface area contributed by atoms with E-state index in [-0.39, 0.29) is 17.2 Å². The molecule has 2 rings (SSSR count). The Balaban J connectivity index is 2.22. The molecule has 5 heteroatoms. The van der Waals surface area contributed by atoms with Crippen LogP contribution in [0.1, 0.15) is 15.9 Å². The molecule has 1 aromatic carbocycles. The van der Waals surface area contributed by atoms with Gasteiger partial charge < -0.3 is 16.2 Å². The molecule has 0 atom stereocenters. The van der Waals surface area contributed by atoms with Gasteiger partial charge in [-0.3, -0.25) is 9.78 Å². The van der Waals surface area contributed by atoms with E-state index in [0.717, 1.165) is 5.56 Å². The van der Waals surface area contributed by atoms with Gasteiger partial charge in [0, 0.05) is 17.6 Å². The summed E-state index contributed by atoms with van der Waals surface area (Å²) < 4.78 is 0. The predicted molar refractivity (Wildman–Crippen MR) is 69.4 cm³/mol. The van der Waals surface area contributed by atoms with Crippen molar-refractivity contribution in [3.63, 3.8) is 0 Å². The molecule has 1 amide bonds. The zero-order chi connectivity index (χ0) is 13.1. The molecular weight excluding hydrogens is 230 g/mol. The second-order valence-corrected chi connectivity index (χ2v) is 3.92. The fourth-order valence-corrected chi connectivity index (χ4v) is 1.53. The van der Waals surface area contributed by atoms with Crippen LogP contribution in [0.15, 0.2) is 36.7 Å². The highest BCUT2D eigenvalue weighted by Crippen LogP contribution is 2.19. The number of amides is 1. The number of nitrogens with two attached hydrogens (primary N) is 1. The summed E-state index contributed by atoms with van der Waals surface area (Å²) in [5, 5.41) is 12.2. The number of pyridine rings is 1. The molecule has 18 heavy (non-hydrogen) atoms. The largest absolute Gasteiger partial charge is 0.505 e. The molecule has 0 saturated carbocycles. The number of nitrogen functional groups attached to an aromatic ring is 1. The van der Waals surface area contributed by atoms with Crippen molar-refractivity contribution in [2.75, 3.05) is 11.1 Å². The summed E-state index contributed by atoms with van der Waals surface area (Å²) >= 11 is 0. The second kappa shape index (κ2) is 4.75. The Labute approximate surface area is 104 Å².